The van der Waals surface area contributed by atoms with Crippen LogP contribution < -0.4 is 0 Å². The number of Topliss-reactive ketones (excluding diaryl/α,β-unsaturated/α-hetero) is 1. The molecule has 0 fully saturated rings. The van der Waals surface area contributed by atoms with Gasteiger partial charge in [0.05, 0.1) is 5.60 Å². The maximum absolute atomic E-state index is 12.8. The zero-order valence-electron chi connectivity index (χ0n) is 18.5. The Morgan fingerprint density at radius 2 is 1.67 bits per heavy atom. The van der Waals surface area contributed by atoms with E-state index in [1.165, 1.54) is 5.56 Å². The SMILES string of the molecule is CC(C)(O)Cc1ccccc1.Cc1cc(C)c(C(=O)C2([PH+]=O)C=CC=CC2)c(C)c1. The van der Waals surface area contributed by atoms with Crippen LogP contribution in [0.2, 0.25) is 0 Å². The Balaban J connectivity index is 0.000000248. The molecule has 0 aromatic heterocycles. The van der Waals surface area contributed by atoms with E-state index in [4.69, 9.17) is 0 Å². The number of aryl methyl sites for hydroxylation is 3. The Bertz CT molecular complexity index is 929. The second-order valence-electron chi connectivity index (χ2n) is 8.64. The van der Waals surface area contributed by atoms with Crippen LogP contribution in [0.3, 0.4) is 0 Å². The highest BCUT2D eigenvalue weighted by molar-refractivity contribution is 7.28. The Morgan fingerprint density at radius 3 is 2.13 bits per heavy atom. The van der Waals surface area contributed by atoms with Gasteiger partial charge in [0.1, 0.15) is 0 Å². The van der Waals surface area contributed by atoms with Crippen molar-refractivity contribution in [1.29, 1.82) is 0 Å². The van der Waals surface area contributed by atoms with Crippen molar-refractivity contribution in [3.8, 4) is 0 Å². The van der Waals surface area contributed by atoms with E-state index in [1.54, 1.807) is 6.08 Å². The highest BCUT2D eigenvalue weighted by atomic mass is 31.1. The lowest BCUT2D eigenvalue weighted by Crippen LogP contribution is -2.32. The molecule has 0 saturated heterocycles. The number of benzene rings is 2. The van der Waals surface area contributed by atoms with Gasteiger partial charge in [-0.3, -0.25) is 4.79 Å². The van der Waals surface area contributed by atoms with Gasteiger partial charge in [0.15, 0.2) is 0 Å². The number of hydrogen-bond acceptors (Lipinski definition) is 3. The van der Waals surface area contributed by atoms with Crippen LogP contribution in [0.1, 0.15) is 52.9 Å². The highest BCUT2D eigenvalue weighted by Crippen LogP contribution is 2.37. The van der Waals surface area contributed by atoms with E-state index in [9.17, 15) is 14.5 Å². The molecule has 0 amide bonds. The van der Waals surface area contributed by atoms with Gasteiger partial charge in [-0.1, -0.05) is 70.8 Å². The highest BCUT2D eigenvalue weighted by Gasteiger charge is 2.45. The molecule has 0 radical (unpaired) electrons. The van der Waals surface area contributed by atoms with Gasteiger partial charge in [-0.05, 0) is 57.4 Å². The van der Waals surface area contributed by atoms with Crippen molar-refractivity contribution in [1.82, 2.24) is 0 Å². The van der Waals surface area contributed by atoms with Crippen molar-refractivity contribution >= 4 is 14.2 Å². The summed E-state index contributed by atoms with van der Waals surface area (Å²) in [6.45, 7) is 9.54. The predicted octanol–water partition coefficient (Wildman–Crippen LogP) is 6.07. The molecule has 1 aliphatic carbocycles. The Morgan fingerprint density at radius 1 is 1.07 bits per heavy atom. The standard InChI is InChI=1S/C16H17O2P.C10H14O/c1-11-9-12(2)14(13(3)10-11)15(17)16(19-18)7-5-4-6-8-16;1-10(2,11)8-9-6-4-3-5-7-9/h4-7,9-10H,8H2,1-3H3;3-7,11H,8H2,1-2H3/p+1. The molecule has 0 heterocycles. The maximum Gasteiger partial charge on any atom is 0.343 e. The number of ketones is 1. The fourth-order valence-corrected chi connectivity index (χ4v) is 4.35. The normalized spacial score (nSPS) is 18.1. The summed E-state index contributed by atoms with van der Waals surface area (Å²) < 4.78 is 11.6. The van der Waals surface area contributed by atoms with Gasteiger partial charge in [0.25, 0.3) is 0 Å². The van der Waals surface area contributed by atoms with Gasteiger partial charge in [-0.25, -0.2) is 0 Å². The zero-order valence-corrected chi connectivity index (χ0v) is 19.5. The summed E-state index contributed by atoms with van der Waals surface area (Å²) >= 11 is 0. The van der Waals surface area contributed by atoms with E-state index in [-0.39, 0.29) is 5.78 Å². The number of rotatable bonds is 5. The van der Waals surface area contributed by atoms with Gasteiger partial charge >= 0.3 is 8.46 Å². The number of aliphatic hydroxyl groups is 1. The first-order valence-corrected chi connectivity index (χ1v) is 11.1. The molecule has 0 aliphatic heterocycles. The average Bonchev–Trinajstić information content (AvgIpc) is 2.67. The molecule has 2 unspecified atom stereocenters. The minimum absolute atomic E-state index is 0.0311. The smallest absolute Gasteiger partial charge is 0.343 e. The van der Waals surface area contributed by atoms with Crippen LogP contribution in [0, 0.1) is 20.8 Å². The third kappa shape index (κ3) is 6.32. The summed E-state index contributed by atoms with van der Waals surface area (Å²) in [5.74, 6) is -0.0311. The van der Waals surface area contributed by atoms with E-state index in [0.29, 0.717) is 18.4 Å². The van der Waals surface area contributed by atoms with Gasteiger partial charge in [-0.15, -0.1) is 0 Å². The molecule has 0 saturated carbocycles. The van der Waals surface area contributed by atoms with Crippen LogP contribution in [-0.4, -0.2) is 21.6 Å². The summed E-state index contributed by atoms with van der Waals surface area (Å²) in [6.07, 6.45) is 8.61. The monoisotopic (exact) mass is 423 g/mol. The average molecular weight is 424 g/mol. The van der Waals surface area contributed by atoms with E-state index in [1.807, 2.05) is 95.3 Å². The van der Waals surface area contributed by atoms with Crippen LogP contribution >= 0.6 is 8.46 Å². The topological polar surface area (TPSA) is 54.4 Å². The predicted molar refractivity (Wildman–Crippen MR) is 126 cm³/mol. The van der Waals surface area contributed by atoms with Crippen molar-refractivity contribution in [3.63, 3.8) is 0 Å². The molecule has 1 aliphatic rings. The minimum Gasteiger partial charge on any atom is -0.390 e. The van der Waals surface area contributed by atoms with Crippen LogP contribution in [0.4, 0.5) is 0 Å². The van der Waals surface area contributed by atoms with Crippen molar-refractivity contribution < 1.29 is 14.5 Å². The molecule has 0 bridgehead atoms. The van der Waals surface area contributed by atoms with Crippen molar-refractivity contribution in [2.75, 3.05) is 0 Å². The first-order valence-electron chi connectivity index (χ1n) is 10.2. The summed E-state index contributed by atoms with van der Waals surface area (Å²) in [7, 11) is -0.665. The van der Waals surface area contributed by atoms with E-state index in [0.717, 1.165) is 16.7 Å². The van der Waals surface area contributed by atoms with Gasteiger partial charge in [0, 0.05) is 18.4 Å². The molecular weight excluding hydrogens is 391 g/mol. The lowest BCUT2D eigenvalue weighted by molar-refractivity contribution is 0.0809. The molecule has 30 heavy (non-hydrogen) atoms. The number of allylic oxidation sites excluding steroid dienone is 4. The quantitative estimate of drug-likeness (QED) is 0.469. The molecule has 3 nitrogen and oxygen atoms in total. The third-order valence-corrected chi connectivity index (χ3v) is 6.00. The van der Waals surface area contributed by atoms with E-state index in [2.05, 4.69) is 0 Å². The molecule has 2 atom stereocenters. The molecule has 2 aromatic carbocycles. The molecule has 1 N–H and O–H groups in total. The summed E-state index contributed by atoms with van der Waals surface area (Å²) in [5.41, 5.74) is 4.37. The summed E-state index contributed by atoms with van der Waals surface area (Å²) in [5, 5.41) is 8.60. The van der Waals surface area contributed by atoms with E-state index < -0.39 is 19.2 Å². The molecular formula is C26H32O3P+. The fraction of sp³-hybridized carbons (Fsp3) is 0.346. The molecule has 4 heteroatoms. The number of carbonyl (C=O) groups excluding carboxylic acids is 1. The van der Waals surface area contributed by atoms with Crippen LogP contribution in [0.15, 0.2) is 66.8 Å². The Kier molecular flexibility index (Phi) is 8.06. The lowest BCUT2D eigenvalue weighted by Gasteiger charge is -2.19. The Labute approximate surface area is 181 Å². The van der Waals surface area contributed by atoms with E-state index >= 15 is 0 Å². The van der Waals surface area contributed by atoms with Crippen molar-refractivity contribution in [2.24, 2.45) is 0 Å². The van der Waals surface area contributed by atoms with Crippen LogP contribution in [-0.2, 0) is 11.0 Å². The van der Waals surface area contributed by atoms with Crippen molar-refractivity contribution in [3.05, 3.63) is 94.6 Å². The number of hydrogen-bond donors (Lipinski definition) is 1. The van der Waals surface area contributed by atoms with Crippen LogP contribution in [0.5, 0.6) is 0 Å². The molecule has 3 rings (SSSR count). The summed E-state index contributed by atoms with van der Waals surface area (Å²) in [4.78, 5) is 12.8. The van der Waals surface area contributed by atoms with Crippen molar-refractivity contribution in [2.45, 2.75) is 58.2 Å². The molecule has 0 spiro atoms. The fourth-order valence-electron chi connectivity index (χ4n) is 3.77. The third-order valence-electron chi connectivity index (χ3n) is 5.04. The lowest BCUT2D eigenvalue weighted by atomic mass is 9.86. The first kappa shape index (κ1) is 23.9. The largest absolute Gasteiger partial charge is 0.390 e. The minimum atomic E-state index is -0.875. The van der Waals surface area contributed by atoms with Gasteiger partial charge in [0.2, 0.25) is 10.9 Å². The van der Waals surface area contributed by atoms with Gasteiger partial charge < -0.3 is 5.11 Å². The first-order chi connectivity index (χ1) is 14.1. The molecule has 2 aromatic rings. The summed E-state index contributed by atoms with van der Waals surface area (Å²) in [6, 6.07) is 14.0. The maximum atomic E-state index is 12.8. The zero-order chi connectivity index (χ0) is 22.4. The van der Waals surface area contributed by atoms with Gasteiger partial charge in [-0.2, -0.15) is 0 Å². The second kappa shape index (κ2) is 10.1. The number of carbonyl (C=O) groups is 1. The molecule has 158 valence electrons. The second-order valence-corrected chi connectivity index (χ2v) is 9.74. The van der Waals surface area contributed by atoms with Crippen LogP contribution in [0.25, 0.3) is 0 Å². The Hall–Kier alpha value is -2.35.